The Hall–Kier alpha value is -1.73. The number of nitrogen functional groups attached to an aromatic ring is 1. The van der Waals surface area contributed by atoms with Crippen molar-refractivity contribution < 1.29 is 14.6 Å². The van der Waals surface area contributed by atoms with Gasteiger partial charge in [-0.05, 0) is 39.5 Å². The smallest absolute Gasteiger partial charge is 0.227 e. The van der Waals surface area contributed by atoms with Gasteiger partial charge in [0, 0.05) is 36.6 Å². The van der Waals surface area contributed by atoms with Crippen LogP contribution in [0, 0.1) is 13.8 Å². The Morgan fingerprint density at radius 2 is 1.96 bits per heavy atom. The highest BCUT2D eigenvalue weighted by Crippen LogP contribution is 2.35. The first kappa shape index (κ1) is 17.1. The van der Waals surface area contributed by atoms with Crippen molar-refractivity contribution in [1.29, 1.82) is 0 Å². The fraction of sp³-hybridized carbons (Fsp3) is 0.706. The van der Waals surface area contributed by atoms with Gasteiger partial charge in [-0.3, -0.25) is 4.79 Å². The summed E-state index contributed by atoms with van der Waals surface area (Å²) in [6.45, 7) is 5.63. The zero-order valence-electron chi connectivity index (χ0n) is 14.4. The molecule has 7 heteroatoms. The summed E-state index contributed by atoms with van der Waals surface area (Å²) in [6.07, 6.45) is 2.94. The molecule has 0 aliphatic carbocycles. The highest BCUT2D eigenvalue weighted by atomic mass is 16.5. The molecule has 1 amide bonds. The fourth-order valence-electron chi connectivity index (χ4n) is 3.81. The maximum absolute atomic E-state index is 12.6. The lowest BCUT2D eigenvalue weighted by atomic mass is 9.82. The van der Waals surface area contributed by atoms with Crippen LogP contribution in [0.2, 0.25) is 0 Å². The van der Waals surface area contributed by atoms with Crippen molar-refractivity contribution in [3.05, 3.63) is 17.0 Å². The second-order valence-corrected chi connectivity index (χ2v) is 6.86. The van der Waals surface area contributed by atoms with Crippen molar-refractivity contribution in [1.82, 2.24) is 14.9 Å². The number of carbonyl (C=O) groups excluding carboxylic acids is 1. The van der Waals surface area contributed by atoms with Crippen molar-refractivity contribution >= 4 is 11.9 Å². The SMILES string of the molecule is Cc1nc(N)nc(C)c1CC(=O)N1CCC2(CC1)OCCC[C@H]2O. The third-order valence-electron chi connectivity index (χ3n) is 5.35. The van der Waals surface area contributed by atoms with Crippen molar-refractivity contribution in [3.63, 3.8) is 0 Å². The number of hydrogen-bond donors (Lipinski definition) is 2. The first-order chi connectivity index (χ1) is 11.4. The van der Waals surface area contributed by atoms with Gasteiger partial charge in [-0.1, -0.05) is 0 Å². The molecule has 0 saturated carbocycles. The Bertz CT molecular complexity index is 603. The molecule has 3 heterocycles. The zero-order valence-corrected chi connectivity index (χ0v) is 14.4. The topological polar surface area (TPSA) is 102 Å². The minimum Gasteiger partial charge on any atom is -0.390 e. The van der Waals surface area contributed by atoms with E-state index in [1.807, 2.05) is 18.7 Å². The summed E-state index contributed by atoms with van der Waals surface area (Å²) in [7, 11) is 0. The van der Waals surface area contributed by atoms with Crippen LogP contribution < -0.4 is 5.73 Å². The van der Waals surface area contributed by atoms with Crippen LogP contribution in [0.4, 0.5) is 5.95 Å². The molecule has 1 aromatic heterocycles. The van der Waals surface area contributed by atoms with Gasteiger partial charge < -0.3 is 20.5 Å². The number of nitrogens with zero attached hydrogens (tertiary/aromatic N) is 3. The molecule has 2 fully saturated rings. The van der Waals surface area contributed by atoms with E-state index in [-0.39, 0.29) is 18.3 Å². The molecule has 0 aromatic carbocycles. The summed E-state index contributed by atoms with van der Waals surface area (Å²) >= 11 is 0. The first-order valence-electron chi connectivity index (χ1n) is 8.61. The van der Waals surface area contributed by atoms with Gasteiger partial charge >= 0.3 is 0 Å². The van der Waals surface area contributed by atoms with Gasteiger partial charge in [0.1, 0.15) is 0 Å². The van der Waals surface area contributed by atoms with Gasteiger partial charge in [-0.2, -0.15) is 0 Å². The summed E-state index contributed by atoms with van der Waals surface area (Å²) in [4.78, 5) is 22.8. The summed E-state index contributed by atoms with van der Waals surface area (Å²) < 4.78 is 5.89. The summed E-state index contributed by atoms with van der Waals surface area (Å²) in [5, 5.41) is 10.3. The number of rotatable bonds is 2. The molecule has 1 aromatic rings. The molecular weight excluding hydrogens is 308 g/mol. The fourth-order valence-corrected chi connectivity index (χ4v) is 3.81. The number of anilines is 1. The molecule has 2 aliphatic heterocycles. The van der Waals surface area contributed by atoms with Gasteiger partial charge in [0.05, 0.1) is 18.1 Å². The van der Waals surface area contributed by atoms with E-state index in [9.17, 15) is 9.90 Å². The Morgan fingerprint density at radius 1 is 1.33 bits per heavy atom. The van der Waals surface area contributed by atoms with E-state index in [1.165, 1.54) is 0 Å². The minimum atomic E-state index is -0.453. The molecule has 132 valence electrons. The Balaban J connectivity index is 1.64. The minimum absolute atomic E-state index is 0.0646. The van der Waals surface area contributed by atoms with Crippen LogP contribution in [-0.2, 0) is 16.0 Å². The second-order valence-electron chi connectivity index (χ2n) is 6.86. The zero-order chi connectivity index (χ0) is 17.3. The molecule has 3 rings (SSSR count). The predicted molar refractivity (Wildman–Crippen MR) is 89.4 cm³/mol. The lowest BCUT2D eigenvalue weighted by Crippen LogP contribution is -2.56. The van der Waals surface area contributed by atoms with Crippen LogP contribution in [0.3, 0.4) is 0 Å². The number of aliphatic hydroxyl groups excluding tert-OH is 1. The quantitative estimate of drug-likeness (QED) is 0.827. The number of nitrogens with two attached hydrogens (primary N) is 1. The molecule has 0 bridgehead atoms. The Morgan fingerprint density at radius 3 is 2.54 bits per heavy atom. The molecule has 2 aliphatic rings. The Kier molecular flexibility index (Phi) is 4.73. The highest BCUT2D eigenvalue weighted by Gasteiger charge is 2.44. The molecule has 1 atom stereocenters. The summed E-state index contributed by atoms with van der Waals surface area (Å²) in [5.74, 6) is 0.305. The number of hydrogen-bond acceptors (Lipinski definition) is 6. The first-order valence-corrected chi connectivity index (χ1v) is 8.61. The van der Waals surface area contributed by atoms with Crippen molar-refractivity contribution in [3.8, 4) is 0 Å². The van der Waals surface area contributed by atoms with Crippen LogP contribution in [-0.4, -0.2) is 57.3 Å². The number of aryl methyl sites for hydroxylation is 2. The third-order valence-corrected chi connectivity index (χ3v) is 5.35. The van der Waals surface area contributed by atoms with Gasteiger partial charge in [-0.25, -0.2) is 9.97 Å². The summed E-state index contributed by atoms with van der Waals surface area (Å²) in [6, 6.07) is 0. The van der Waals surface area contributed by atoms with E-state index in [1.54, 1.807) is 0 Å². The van der Waals surface area contributed by atoms with Crippen LogP contribution in [0.1, 0.15) is 42.6 Å². The lowest BCUT2D eigenvalue weighted by Gasteiger charge is -2.46. The van der Waals surface area contributed by atoms with Gasteiger partial charge in [-0.15, -0.1) is 0 Å². The average molecular weight is 334 g/mol. The molecule has 1 spiro atoms. The molecule has 3 N–H and O–H groups in total. The molecule has 0 radical (unpaired) electrons. The molecule has 2 saturated heterocycles. The predicted octanol–water partition coefficient (Wildman–Crippen LogP) is 0.751. The summed E-state index contributed by atoms with van der Waals surface area (Å²) in [5.41, 5.74) is 7.55. The van der Waals surface area contributed by atoms with Gasteiger partial charge in [0.25, 0.3) is 0 Å². The average Bonchev–Trinajstić information content (AvgIpc) is 2.54. The van der Waals surface area contributed by atoms with Crippen LogP contribution in [0.25, 0.3) is 0 Å². The number of amides is 1. The molecular formula is C17H26N4O3. The molecule has 24 heavy (non-hydrogen) atoms. The van der Waals surface area contributed by atoms with E-state index < -0.39 is 11.7 Å². The number of ether oxygens (including phenoxy) is 1. The van der Waals surface area contributed by atoms with E-state index in [0.717, 1.165) is 29.8 Å². The third kappa shape index (κ3) is 3.23. The standard InChI is InChI=1S/C17H26N4O3/c1-11-13(12(2)20-16(18)19-11)10-15(23)21-7-5-17(6-8-21)14(22)4-3-9-24-17/h14,22H,3-10H2,1-2H3,(H2,18,19,20)/t14-/m1/s1. The Labute approximate surface area is 142 Å². The monoisotopic (exact) mass is 334 g/mol. The van der Waals surface area contributed by atoms with Crippen molar-refractivity contribution in [2.75, 3.05) is 25.4 Å². The van der Waals surface area contributed by atoms with E-state index in [4.69, 9.17) is 10.5 Å². The maximum atomic E-state index is 12.6. The van der Waals surface area contributed by atoms with Crippen molar-refractivity contribution in [2.24, 2.45) is 0 Å². The van der Waals surface area contributed by atoms with Crippen molar-refractivity contribution in [2.45, 2.75) is 57.7 Å². The lowest BCUT2D eigenvalue weighted by molar-refractivity contribution is -0.179. The van der Waals surface area contributed by atoms with E-state index >= 15 is 0 Å². The number of carbonyl (C=O) groups is 1. The van der Waals surface area contributed by atoms with E-state index in [0.29, 0.717) is 32.5 Å². The van der Waals surface area contributed by atoms with Crippen LogP contribution in [0.15, 0.2) is 0 Å². The largest absolute Gasteiger partial charge is 0.390 e. The normalized spacial score (nSPS) is 23.5. The second kappa shape index (κ2) is 6.64. The number of aliphatic hydroxyl groups is 1. The molecule has 7 nitrogen and oxygen atoms in total. The number of aromatic nitrogens is 2. The number of piperidine rings is 1. The molecule has 0 unspecified atom stereocenters. The number of likely N-dealkylation sites (tertiary alicyclic amines) is 1. The van der Waals surface area contributed by atoms with Gasteiger partial charge in [0.2, 0.25) is 11.9 Å². The van der Waals surface area contributed by atoms with Crippen LogP contribution in [0.5, 0.6) is 0 Å². The van der Waals surface area contributed by atoms with Crippen LogP contribution >= 0.6 is 0 Å². The van der Waals surface area contributed by atoms with Gasteiger partial charge in [0.15, 0.2) is 0 Å². The highest BCUT2D eigenvalue weighted by molar-refractivity contribution is 5.79. The van der Waals surface area contributed by atoms with E-state index in [2.05, 4.69) is 9.97 Å². The maximum Gasteiger partial charge on any atom is 0.227 e.